The Morgan fingerprint density at radius 1 is 1.42 bits per heavy atom. The molecule has 2 N–H and O–H groups in total. The van der Waals surface area contributed by atoms with Crippen LogP contribution in [0.4, 0.5) is 0 Å². The lowest BCUT2D eigenvalue weighted by atomic mass is 9.88. The number of aromatic nitrogens is 1. The first-order valence-electron chi connectivity index (χ1n) is 6.67. The van der Waals surface area contributed by atoms with Gasteiger partial charge in [-0.05, 0) is 25.2 Å². The summed E-state index contributed by atoms with van der Waals surface area (Å²) in [6.45, 7) is 0.680. The van der Waals surface area contributed by atoms with E-state index in [1.165, 1.54) is 31.5 Å². The van der Waals surface area contributed by atoms with Gasteiger partial charge in [0.15, 0.2) is 0 Å². The highest BCUT2D eigenvalue weighted by Crippen LogP contribution is 2.37. The van der Waals surface area contributed by atoms with Crippen molar-refractivity contribution in [3.8, 4) is 0 Å². The Hall–Kier alpha value is -1.23. The molecule has 0 saturated heterocycles. The van der Waals surface area contributed by atoms with Gasteiger partial charge in [-0.1, -0.05) is 19.3 Å². The Kier molecular flexibility index (Phi) is 4.69. The Bertz CT molecular complexity index is 492. The minimum atomic E-state index is -0.245. The molecule has 1 aromatic rings. The van der Waals surface area contributed by atoms with E-state index < -0.39 is 0 Å². The lowest BCUT2D eigenvalue weighted by Crippen LogP contribution is -2.41. The van der Waals surface area contributed by atoms with Crippen LogP contribution in [0.1, 0.15) is 42.5 Å². The van der Waals surface area contributed by atoms with Crippen LogP contribution in [0.15, 0.2) is 23.1 Å². The third kappa shape index (κ3) is 3.62. The maximum atomic E-state index is 12.0. The van der Waals surface area contributed by atoms with Crippen LogP contribution in [-0.2, 0) is 0 Å². The predicted octanol–water partition coefficient (Wildman–Crippen LogP) is 2.17. The Morgan fingerprint density at radius 2 is 2.16 bits per heavy atom. The van der Waals surface area contributed by atoms with E-state index in [1.54, 1.807) is 6.07 Å². The second-order valence-corrected chi connectivity index (χ2v) is 6.35. The lowest BCUT2D eigenvalue weighted by Gasteiger charge is -2.35. The highest BCUT2D eigenvalue weighted by molar-refractivity contribution is 8.00. The van der Waals surface area contributed by atoms with Crippen LogP contribution in [-0.4, -0.2) is 28.4 Å². The summed E-state index contributed by atoms with van der Waals surface area (Å²) in [6, 6.07) is 2.96. The number of nitrogens with one attached hydrogen (secondary N) is 2. The van der Waals surface area contributed by atoms with Gasteiger partial charge in [0.25, 0.3) is 5.91 Å². The van der Waals surface area contributed by atoms with Gasteiger partial charge in [0.1, 0.15) is 0 Å². The number of hydrogen-bond acceptors (Lipinski definition) is 3. The van der Waals surface area contributed by atoms with Gasteiger partial charge in [0, 0.05) is 29.1 Å². The molecule has 19 heavy (non-hydrogen) atoms. The van der Waals surface area contributed by atoms with Crippen LogP contribution in [0.5, 0.6) is 0 Å². The Labute approximate surface area is 117 Å². The number of amides is 1. The van der Waals surface area contributed by atoms with Crippen molar-refractivity contribution in [3.05, 3.63) is 34.2 Å². The van der Waals surface area contributed by atoms with Gasteiger partial charge < -0.3 is 10.3 Å². The predicted molar refractivity (Wildman–Crippen MR) is 78.7 cm³/mol. The molecule has 0 aromatic carbocycles. The maximum Gasteiger partial charge on any atom is 0.251 e. The van der Waals surface area contributed by atoms with Crippen LogP contribution in [0.2, 0.25) is 0 Å². The van der Waals surface area contributed by atoms with Crippen LogP contribution >= 0.6 is 11.8 Å². The molecule has 1 aliphatic rings. The summed E-state index contributed by atoms with van der Waals surface area (Å²) < 4.78 is 0.176. The zero-order valence-electron chi connectivity index (χ0n) is 11.2. The highest BCUT2D eigenvalue weighted by atomic mass is 32.2. The average molecular weight is 280 g/mol. The van der Waals surface area contributed by atoms with Gasteiger partial charge in [0.2, 0.25) is 5.56 Å². The molecule has 0 atom stereocenters. The standard InChI is InChI=1S/C14H20N2O2S/c1-19-14(6-3-2-4-7-14)10-16-13(18)11-5-8-15-12(17)9-11/h5,8-9H,2-4,6-7,10H2,1H3,(H,15,17)(H,16,18). The Balaban J connectivity index is 1.97. The van der Waals surface area contributed by atoms with Crippen molar-refractivity contribution in [2.75, 3.05) is 12.8 Å². The minimum absolute atomic E-state index is 0.162. The molecule has 1 fully saturated rings. The summed E-state index contributed by atoms with van der Waals surface area (Å²) in [4.78, 5) is 25.7. The average Bonchev–Trinajstić information content (AvgIpc) is 2.46. The first-order valence-corrected chi connectivity index (χ1v) is 7.90. The molecule has 1 saturated carbocycles. The zero-order chi connectivity index (χ0) is 13.7. The SMILES string of the molecule is CSC1(CNC(=O)c2cc[nH]c(=O)c2)CCCCC1. The van der Waals surface area contributed by atoms with Crippen LogP contribution in [0, 0.1) is 0 Å². The van der Waals surface area contributed by atoms with E-state index in [4.69, 9.17) is 0 Å². The normalized spacial score (nSPS) is 17.9. The van der Waals surface area contributed by atoms with Gasteiger partial charge >= 0.3 is 0 Å². The van der Waals surface area contributed by atoms with E-state index in [-0.39, 0.29) is 16.2 Å². The molecule has 1 aromatic heterocycles. The summed E-state index contributed by atoms with van der Waals surface area (Å²) in [5.41, 5.74) is 0.181. The molecule has 5 heteroatoms. The Morgan fingerprint density at radius 3 is 2.79 bits per heavy atom. The van der Waals surface area contributed by atoms with Crippen molar-refractivity contribution >= 4 is 17.7 Å². The third-order valence-corrected chi connectivity index (χ3v) is 5.22. The summed E-state index contributed by atoms with van der Waals surface area (Å²) >= 11 is 1.85. The molecule has 0 spiro atoms. The van der Waals surface area contributed by atoms with Gasteiger partial charge in [-0.2, -0.15) is 11.8 Å². The van der Waals surface area contributed by atoms with E-state index in [0.717, 1.165) is 12.8 Å². The van der Waals surface area contributed by atoms with Crippen molar-refractivity contribution in [3.63, 3.8) is 0 Å². The van der Waals surface area contributed by atoms with Crippen molar-refractivity contribution in [2.24, 2.45) is 0 Å². The molecule has 2 rings (SSSR count). The van der Waals surface area contributed by atoms with E-state index in [9.17, 15) is 9.59 Å². The number of H-pyrrole nitrogens is 1. The van der Waals surface area contributed by atoms with E-state index >= 15 is 0 Å². The van der Waals surface area contributed by atoms with Crippen molar-refractivity contribution in [1.82, 2.24) is 10.3 Å². The second-order valence-electron chi connectivity index (χ2n) is 5.07. The van der Waals surface area contributed by atoms with Crippen LogP contribution in [0.25, 0.3) is 0 Å². The number of rotatable bonds is 4. The first-order chi connectivity index (χ1) is 9.15. The number of hydrogen-bond donors (Lipinski definition) is 2. The smallest absolute Gasteiger partial charge is 0.251 e. The molecule has 0 unspecified atom stereocenters. The lowest BCUT2D eigenvalue weighted by molar-refractivity contribution is 0.0946. The number of carbonyl (C=O) groups excluding carboxylic acids is 1. The molecule has 0 bridgehead atoms. The van der Waals surface area contributed by atoms with E-state index in [1.807, 2.05) is 11.8 Å². The van der Waals surface area contributed by atoms with Gasteiger partial charge in [-0.15, -0.1) is 0 Å². The van der Waals surface area contributed by atoms with Crippen LogP contribution < -0.4 is 10.9 Å². The number of pyridine rings is 1. The molecule has 0 radical (unpaired) electrons. The summed E-state index contributed by atoms with van der Waals surface area (Å²) in [6.07, 6.45) is 9.70. The molecular weight excluding hydrogens is 260 g/mol. The minimum Gasteiger partial charge on any atom is -0.351 e. The molecule has 1 heterocycles. The molecule has 4 nitrogen and oxygen atoms in total. The zero-order valence-corrected chi connectivity index (χ0v) is 12.0. The van der Waals surface area contributed by atoms with Gasteiger partial charge in [-0.3, -0.25) is 9.59 Å². The fraction of sp³-hybridized carbons (Fsp3) is 0.571. The number of aromatic amines is 1. The van der Waals surface area contributed by atoms with Crippen molar-refractivity contribution in [2.45, 2.75) is 36.9 Å². The van der Waals surface area contributed by atoms with Crippen molar-refractivity contribution in [1.29, 1.82) is 0 Å². The second kappa shape index (κ2) is 6.28. The quantitative estimate of drug-likeness (QED) is 0.888. The monoisotopic (exact) mass is 280 g/mol. The molecule has 1 amide bonds. The molecule has 1 aliphatic carbocycles. The molecule has 0 aliphatic heterocycles. The fourth-order valence-corrected chi connectivity index (χ4v) is 3.49. The fourth-order valence-electron chi connectivity index (χ4n) is 2.58. The summed E-state index contributed by atoms with van der Waals surface area (Å²) in [5.74, 6) is -0.162. The van der Waals surface area contributed by atoms with E-state index in [0.29, 0.717) is 12.1 Å². The topological polar surface area (TPSA) is 62.0 Å². The highest BCUT2D eigenvalue weighted by Gasteiger charge is 2.31. The third-order valence-electron chi connectivity index (χ3n) is 3.81. The van der Waals surface area contributed by atoms with Crippen LogP contribution in [0.3, 0.4) is 0 Å². The largest absolute Gasteiger partial charge is 0.351 e. The van der Waals surface area contributed by atoms with Crippen molar-refractivity contribution < 1.29 is 4.79 Å². The van der Waals surface area contributed by atoms with Gasteiger partial charge in [0.05, 0.1) is 0 Å². The summed E-state index contributed by atoms with van der Waals surface area (Å²) in [5, 5.41) is 2.98. The van der Waals surface area contributed by atoms with E-state index in [2.05, 4.69) is 16.6 Å². The van der Waals surface area contributed by atoms with Gasteiger partial charge in [-0.25, -0.2) is 0 Å². The summed E-state index contributed by atoms with van der Waals surface area (Å²) in [7, 11) is 0. The first kappa shape index (κ1) is 14.2. The maximum absolute atomic E-state index is 12.0. The number of carbonyl (C=O) groups is 1. The molecule has 104 valence electrons. The molecular formula is C14H20N2O2S. The number of thioether (sulfide) groups is 1.